The summed E-state index contributed by atoms with van der Waals surface area (Å²) in [6.07, 6.45) is 2.77. The van der Waals surface area contributed by atoms with E-state index in [0.29, 0.717) is 6.54 Å². The summed E-state index contributed by atoms with van der Waals surface area (Å²) in [5.74, 6) is 0.280. The fourth-order valence-corrected chi connectivity index (χ4v) is 3.88. The van der Waals surface area contributed by atoms with E-state index in [1.54, 1.807) is 7.05 Å². The van der Waals surface area contributed by atoms with Crippen LogP contribution in [0.15, 0.2) is 30.3 Å². The molecule has 1 N–H and O–H groups in total. The summed E-state index contributed by atoms with van der Waals surface area (Å²) >= 11 is 0. The van der Waals surface area contributed by atoms with Crippen molar-refractivity contribution in [3.8, 4) is 0 Å². The van der Waals surface area contributed by atoms with Gasteiger partial charge < -0.3 is 5.32 Å². The van der Waals surface area contributed by atoms with Gasteiger partial charge in [-0.2, -0.15) is 0 Å². The average molecular weight is 269 g/mol. The van der Waals surface area contributed by atoms with Gasteiger partial charge in [0.25, 0.3) is 0 Å². The van der Waals surface area contributed by atoms with Crippen molar-refractivity contribution in [3.63, 3.8) is 0 Å². The lowest BCUT2D eigenvalue weighted by Crippen LogP contribution is -2.26. The van der Waals surface area contributed by atoms with E-state index in [1.165, 1.54) is 0 Å². The Hall–Kier alpha value is -0.870. The third kappa shape index (κ3) is 4.42. The Morgan fingerprint density at radius 3 is 2.39 bits per heavy atom. The molecule has 0 spiro atoms. The molecule has 0 amide bonds. The van der Waals surface area contributed by atoms with Gasteiger partial charge >= 0.3 is 0 Å². The van der Waals surface area contributed by atoms with Crippen molar-refractivity contribution >= 4 is 9.84 Å². The molecule has 0 aliphatic heterocycles. The number of unbranched alkanes of at least 4 members (excludes halogenated alkanes) is 2. The number of nitrogens with one attached hydrogen (secondary N) is 1. The third-order valence-corrected chi connectivity index (χ3v) is 5.19. The number of likely N-dealkylation sites (N-methyl/N-ethyl adjacent to an activating group) is 1. The van der Waals surface area contributed by atoms with Crippen LogP contribution in [0.25, 0.3) is 0 Å². The molecule has 0 saturated heterocycles. The van der Waals surface area contributed by atoms with Crippen molar-refractivity contribution in [2.24, 2.45) is 0 Å². The predicted molar refractivity (Wildman–Crippen MR) is 76.4 cm³/mol. The van der Waals surface area contributed by atoms with Gasteiger partial charge in [-0.05, 0) is 19.0 Å². The number of hydrogen-bond acceptors (Lipinski definition) is 3. The molecule has 0 aliphatic carbocycles. The summed E-state index contributed by atoms with van der Waals surface area (Å²) in [6, 6.07) is 9.46. The summed E-state index contributed by atoms with van der Waals surface area (Å²) in [4.78, 5) is 0. The minimum absolute atomic E-state index is 0.280. The minimum Gasteiger partial charge on any atom is -0.318 e. The van der Waals surface area contributed by atoms with Crippen LogP contribution in [0.1, 0.15) is 37.0 Å². The van der Waals surface area contributed by atoms with E-state index in [0.717, 1.165) is 24.8 Å². The van der Waals surface area contributed by atoms with Crippen LogP contribution in [0.5, 0.6) is 0 Å². The number of benzene rings is 1. The third-order valence-electron chi connectivity index (χ3n) is 3.03. The van der Waals surface area contributed by atoms with Gasteiger partial charge in [-0.1, -0.05) is 50.1 Å². The Balaban J connectivity index is 2.84. The molecule has 4 heteroatoms. The second-order valence-electron chi connectivity index (χ2n) is 4.53. The molecule has 1 atom stereocenters. The van der Waals surface area contributed by atoms with Crippen LogP contribution < -0.4 is 5.32 Å². The summed E-state index contributed by atoms with van der Waals surface area (Å²) in [7, 11) is -1.28. The molecule has 0 aliphatic rings. The van der Waals surface area contributed by atoms with Gasteiger partial charge in [-0.15, -0.1) is 0 Å². The van der Waals surface area contributed by atoms with Crippen LogP contribution >= 0.6 is 0 Å². The fourth-order valence-electron chi connectivity index (χ4n) is 2.00. The number of hydrogen-bond donors (Lipinski definition) is 1. The minimum atomic E-state index is -3.07. The van der Waals surface area contributed by atoms with Crippen LogP contribution in [-0.4, -0.2) is 27.8 Å². The molecule has 18 heavy (non-hydrogen) atoms. The lowest BCUT2D eigenvalue weighted by atomic mass is 10.1. The van der Waals surface area contributed by atoms with Crippen LogP contribution in [0.4, 0.5) is 0 Å². The van der Waals surface area contributed by atoms with Crippen LogP contribution in [0.2, 0.25) is 0 Å². The number of sulfone groups is 1. The summed E-state index contributed by atoms with van der Waals surface area (Å²) in [6.45, 7) is 2.55. The molecule has 0 fully saturated rings. The van der Waals surface area contributed by atoms with Crippen LogP contribution in [-0.2, 0) is 9.84 Å². The lowest BCUT2D eigenvalue weighted by Gasteiger charge is -2.17. The van der Waals surface area contributed by atoms with Crippen molar-refractivity contribution in [1.82, 2.24) is 5.32 Å². The van der Waals surface area contributed by atoms with E-state index in [-0.39, 0.29) is 5.75 Å². The van der Waals surface area contributed by atoms with Crippen molar-refractivity contribution in [1.29, 1.82) is 0 Å². The molecule has 3 nitrogen and oxygen atoms in total. The quantitative estimate of drug-likeness (QED) is 0.738. The van der Waals surface area contributed by atoms with E-state index in [1.807, 2.05) is 30.3 Å². The molecule has 0 radical (unpaired) electrons. The summed E-state index contributed by atoms with van der Waals surface area (Å²) in [5.41, 5.74) is 0.878. The van der Waals surface area contributed by atoms with Crippen molar-refractivity contribution in [3.05, 3.63) is 35.9 Å². The maximum absolute atomic E-state index is 12.4. The average Bonchev–Trinajstić information content (AvgIpc) is 2.37. The van der Waals surface area contributed by atoms with Gasteiger partial charge in [0, 0.05) is 6.54 Å². The van der Waals surface area contributed by atoms with Gasteiger partial charge in [-0.3, -0.25) is 0 Å². The van der Waals surface area contributed by atoms with Gasteiger partial charge in [0.05, 0.1) is 11.0 Å². The SMILES string of the molecule is CCCCCS(=O)(=O)C(CNC)c1ccccc1. The predicted octanol–water partition coefficient (Wildman–Crippen LogP) is 2.55. The standard InChI is InChI=1S/C14H23NO2S/c1-3-4-8-11-18(16,17)14(12-15-2)13-9-6-5-7-10-13/h5-7,9-10,14-15H,3-4,8,11-12H2,1-2H3. The highest BCUT2D eigenvalue weighted by Gasteiger charge is 2.25. The number of rotatable bonds is 8. The molecule has 1 unspecified atom stereocenters. The van der Waals surface area contributed by atoms with E-state index in [4.69, 9.17) is 0 Å². The molecule has 1 aromatic rings. The largest absolute Gasteiger partial charge is 0.318 e. The van der Waals surface area contributed by atoms with Gasteiger partial charge in [0.15, 0.2) is 9.84 Å². The molecule has 1 aromatic carbocycles. The Labute approximate surface area is 111 Å². The van der Waals surface area contributed by atoms with Crippen molar-refractivity contribution in [2.75, 3.05) is 19.3 Å². The van der Waals surface area contributed by atoms with Gasteiger partial charge in [0.2, 0.25) is 0 Å². The molecule has 0 bridgehead atoms. The van der Waals surface area contributed by atoms with E-state index >= 15 is 0 Å². The molecule has 0 aromatic heterocycles. The molecule has 102 valence electrons. The zero-order valence-electron chi connectivity index (χ0n) is 11.2. The first-order chi connectivity index (χ1) is 8.61. The Bertz CT molecular complexity index is 428. The summed E-state index contributed by atoms with van der Waals surface area (Å²) in [5, 5.41) is 2.55. The van der Waals surface area contributed by atoms with Crippen molar-refractivity contribution < 1.29 is 8.42 Å². The maximum atomic E-state index is 12.4. The van der Waals surface area contributed by atoms with Gasteiger partial charge in [-0.25, -0.2) is 8.42 Å². The zero-order valence-corrected chi connectivity index (χ0v) is 12.0. The molecule has 1 rings (SSSR count). The van der Waals surface area contributed by atoms with Crippen LogP contribution in [0, 0.1) is 0 Å². The Kier molecular flexibility index (Phi) is 6.36. The first-order valence-corrected chi connectivity index (χ1v) is 8.24. The molecular weight excluding hydrogens is 246 g/mol. The smallest absolute Gasteiger partial charge is 0.158 e. The van der Waals surface area contributed by atoms with E-state index in [2.05, 4.69) is 12.2 Å². The lowest BCUT2D eigenvalue weighted by molar-refractivity contribution is 0.571. The van der Waals surface area contributed by atoms with Gasteiger partial charge in [0.1, 0.15) is 0 Å². The molecule has 0 saturated carbocycles. The summed E-state index contributed by atoms with van der Waals surface area (Å²) < 4.78 is 24.7. The fraction of sp³-hybridized carbons (Fsp3) is 0.571. The first kappa shape index (κ1) is 15.2. The highest BCUT2D eigenvalue weighted by atomic mass is 32.2. The highest BCUT2D eigenvalue weighted by Crippen LogP contribution is 2.23. The Morgan fingerprint density at radius 1 is 1.17 bits per heavy atom. The van der Waals surface area contributed by atoms with Crippen LogP contribution in [0.3, 0.4) is 0 Å². The second-order valence-corrected chi connectivity index (χ2v) is 6.83. The molecule has 0 heterocycles. The second kappa shape index (κ2) is 7.54. The van der Waals surface area contributed by atoms with E-state index < -0.39 is 15.1 Å². The highest BCUT2D eigenvalue weighted by molar-refractivity contribution is 7.91. The Morgan fingerprint density at radius 2 is 1.83 bits per heavy atom. The first-order valence-electron chi connectivity index (χ1n) is 6.53. The molecular formula is C14H23NO2S. The zero-order chi connectivity index (χ0) is 13.4. The maximum Gasteiger partial charge on any atom is 0.158 e. The monoisotopic (exact) mass is 269 g/mol. The van der Waals surface area contributed by atoms with Crippen molar-refractivity contribution in [2.45, 2.75) is 31.4 Å². The van der Waals surface area contributed by atoms with E-state index in [9.17, 15) is 8.42 Å². The topological polar surface area (TPSA) is 46.2 Å². The normalized spacial score (nSPS) is 13.4.